The van der Waals surface area contributed by atoms with Crippen molar-refractivity contribution in [3.63, 3.8) is 0 Å². The summed E-state index contributed by atoms with van der Waals surface area (Å²) in [5.74, 6) is 0.136. The minimum absolute atomic E-state index is 0.194. The number of benzene rings is 2. The van der Waals surface area contributed by atoms with E-state index in [9.17, 15) is 13.2 Å². The highest BCUT2D eigenvalue weighted by molar-refractivity contribution is 7.91. The fraction of sp³-hybridized carbons (Fsp3) is 0.227. The van der Waals surface area contributed by atoms with Crippen LogP contribution in [-0.4, -0.2) is 49.7 Å². The summed E-state index contributed by atoms with van der Waals surface area (Å²) in [7, 11) is -3.50. The van der Waals surface area contributed by atoms with Gasteiger partial charge in [-0.05, 0) is 23.8 Å². The maximum Gasteiger partial charge on any atom is 0.289 e. The topological polar surface area (TPSA) is 70.8 Å². The Hall–Kier alpha value is -2.68. The van der Waals surface area contributed by atoms with Gasteiger partial charge in [-0.3, -0.25) is 4.79 Å². The molecule has 0 radical (unpaired) electrons. The second-order valence-electron chi connectivity index (χ2n) is 7.35. The number of rotatable bonds is 3. The van der Waals surface area contributed by atoms with Crippen molar-refractivity contribution in [2.75, 3.05) is 26.2 Å². The summed E-state index contributed by atoms with van der Waals surface area (Å²) >= 11 is 1.21. The van der Waals surface area contributed by atoms with E-state index in [4.69, 9.17) is 4.42 Å². The maximum atomic E-state index is 13.2. The Kier molecular flexibility index (Phi) is 4.65. The number of thiophene rings is 1. The van der Waals surface area contributed by atoms with E-state index in [1.165, 1.54) is 15.6 Å². The Morgan fingerprint density at radius 3 is 2.47 bits per heavy atom. The molecule has 6 nitrogen and oxygen atoms in total. The molecule has 3 heterocycles. The van der Waals surface area contributed by atoms with Crippen LogP contribution in [0.3, 0.4) is 0 Å². The molecule has 0 N–H and O–H groups in total. The second-order valence-corrected chi connectivity index (χ2v) is 10.5. The fourth-order valence-electron chi connectivity index (χ4n) is 3.97. The highest BCUT2D eigenvalue weighted by Gasteiger charge is 2.32. The molecule has 2 aromatic carbocycles. The molecule has 0 bridgehead atoms. The number of carbonyl (C=O) groups is 1. The van der Waals surface area contributed by atoms with Crippen LogP contribution in [0.15, 0.2) is 62.5 Å². The van der Waals surface area contributed by atoms with Gasteiger partial charge in [0, 0.05) is 42.5 Å². The number of aryl methyl sites for hydroxylation is 1. The first-order valence-corrected chi connectivity index (χ1v) is 12.0. The van der Waals surface area contributed by atoms with Crippen LogP contribution in [0.25, 0.3) is 21.7 Å². The molecule has 0 saturated carbocycles. The zero-order valence-electron chi connectivity index (χ0n) is 16.4. The second kappa shape index (κ2) is 7.23. The summed E-state index contributed by atoms with van der Waals surface area (Å²) in [4.78, 5) is 14.9. The van der Waals surface area contributed by atoms with E-state index in [1.807, 2.05) is 43.3 Å². The highest BCUT2D eigenvalue weighted by Crippen LogP contribution is 2.32. The molecule has 1 fully saturated rings. The van der Waals surface area contributed by atoms with Gasteiger partial charge in [-0.1, -0.05) is 42.5 Å². The zero-order chi connectivity index (χ0) is 20.9. The van der Waals surface area contributed by atoms with Crippen LogP contribution in [0.4, 0.5) is 0 Å². The number of hydrogen-bond donors (Lipinski definition) is 0. The molecule has 0 aliphatic carbocycles. The van der Waals surface area contributed by atoms with Gasteiger partial charge in [0.15, 0.2) is 5.76 Å². The molecule has 30 heavy (non-hydrogen) atoms. The van der Waals surface area contributed by atoms with Gasteiger partial charge in [-0.25, -0.2) is 8.42 Å². The largest absolute Gasteiger partial charge is 0.450 e. The molecule has 5 rings (SSSR count). The lowest BCUT2D eigenvalue weighted by Crippen LogP contribution is -2.50. The summed E-state index contributed by atoms with van der Waals surface area (Å²) < 4.78 is 33.3. The third kappa shape index (κ3) is 3.03. The van der Waals surface area contributed by atoms with Crippen molar-refractivity contribution in [1.82, 2.24) is 9.21 Å². The quantitative estimate of drug-likeness (QED) is 0.481. The maximum absolute atomic E-state index is 13.2. The Balaban J connectivity index is 1.40. The van der Waals surface area contributed by atoms with Crippen LogP contribution < -0.4 is 0 Å². The number of hydrogen-bond acceptors (Lipinski definition) is 5. The van der Waals surface area contributed by atoms with Crippen LogP contribution in [0.1, 0.15) is 16.1 Å². The van der Waals surface area contributed by atoms with Crippen molar-refractivity contribution >= 4 is 49.0 Å². The molecule has 1 saturated heterocycles. The van der Waals surface area contributed by atoms with Crippen LogP contribution in [-0.2, 0) is 10.0 Å². The minimum Gasteiger partial charge on any atom is -0.450 e. The smallest absolute Gasteiger partial charge is 0.289 e. The van der Waals surface area contributed by atoms with Crippen LogP contribution >= 0.6 is 11.3 Å². The SMILES string of the molecule is Cc1c(C(=O)N2CCN(S(=O)(=O)c3cccs3)CC2)oc2c1ccc1ccccc12. The van der Waals surface area contributed by atoms with E-state index in [0.29, 0.717) is 28.6 Å². The normalized spacial score (nSPS) is 15.8. The summed E-state index contributed by atoms with van der Waals surface area (Å²) in [6.45, 7) is 3.11. The predicted molar refractivity (Wildman–Crippen MR) is 117 cm³/mol. The first-order valence-electron chi connectivity index (χ1n) is 9.70. The molecule has 8 heteroatoms. The third-order valence-electron chi connectivity index (χ3n) is 5.64. The average molecular weight is 441 g/mol. The van der Waals surface area contributed by atoms with Gasteiger partial charge in [0.2, 0.25) is 0 Å². The summed E-state index contributed by atoms with van der Waals surface area (Å²) in [6.07, 6.45) is 0. The lowest BCUT2D eigenvalue weighted by molar-refractivity contribution is 0.0667. The third-order valence-corrected chi connectivity index (χ3v) is 8.91. The van der Waals surface area contributed by atoms with E-state index in [-0.39, 0.29) is 19.0 Å². The van der Waals surface area contributed by atoms with Gasteiger partial charge in [-0.15, -0.1) is 11.3 Å². The molecule has 2 aromatic heterocycles. The molecule has 1 aliphatic rings. The first kappa shape index (κ1) is 19.3. The summed E-state index contributed by atoms with van der Waals surface area (Å²) in [5, 5.41) is 4.71. The minimum atomic E-state index is -3.50. The molecule has 4 aromatic rings. The standard InChI is InChI=1S/C22H20N2O4S2/c1-15-17-9-8-16-5-2-3-6-18(16)21(17)28-20(15)22(25)23-10-12-24(13-11-23)30(26,27)19-7-4-14-29-19/h2-9,14H,10-13H2,1H3. The molecule has 0 spiro atoms. The highest BCUT2D eigenvalue weighted by atomic mass is 32.2. The van der Waals surface area contributed by atoms with Gasteiger partial charge in [0.1, 0.15) is 9.79 Å². The molecule has 1 aliphatic heterocycles. The van der Waals surface area contributed by atoms with E-state index >= 15 is 0 Å². The van der Waals surface area contributed by atoms with Crippen molar-refractivity contribution in [3.8, 4) is 0 Å². The van der Waals surface area contributed by atoms with Gasteiger partial charge in [0.05, 0.1) is 0 Å². The molecule has 1 amide bonds. The molecule has 154 valence electrons. The molecule has 0 unspecified atom stereocenters. The number of carbonyl (C=O) groups excluding carboxylic acids is 1. The fourth-order valence-corrected chi connectivity index (χ4v) is 6.53. The van der Waals surface area contributed by atoms with E-state index in [1.54, 1.807) is 22.4 Å². The number of furan rings is 1. The number of piperazine rings is 1. The van der Waals surface area contributed by atoms with Crippen molar-refractivity contribution in [2.24, 2.45) is 0 Å². The summed E-state index contributed by atoms with van der Waals surface area (Å²) in [6, 6.07) is 15.3. The number of sulfonamides is 1. The van der Waals surface area contributed by atoms with Gasteiger partial charge >= 0.3 is 0 Å². The van der Waals surface area contributed by atoms with E-state index < -0.39 is 10.0 Å². The first-order chi connectivity index (χ1) is 14.5. The summed E-state index contributed by atoms with van der Waals surface area (Å²) in [5.41, 5.74) is 1.53. The van der Waals surface area contributed by atoms with Gasteiger partial charge in [-0.2, -0.15) is 4.31 Å². The van der Waals surface area contributed by atoms with Crippen molar-refractivity contribution in [3.05, 3.63) is 65.2 Å². The predicted octanol–water partition coefficient (Wildman–Crippen LogP) is 4.10. The number of fused-ring (bicyclic) bond motifs is 3. The van der Waals surface area contributed by atoms with Crippen LogP contribution in [0.2, 0.25) is 0 Å². The monoisotopic (exact) mass is 440 g/mol. The Labute approximate surface area is 178 Å². The Bertz CT molecular complexity index is 1350. The lowest BCUT2D eigenvalue weighted by atomic mass is 10.1. The number of amides is 1. The van der Waals surface area contributed by atoms with Crippen molar-refractivity contribution in [2.45, 2.75) is 11.1 Å². The van der Waals surface area contributed by atoms with Crippen molar-refractivity contribution < 1.29 is 17.6 Å². The van der Waals surface area contributed by atoms with Crippen LogP contribution in [0.5, 0.6) is 0 Å². The van der Waals surface area contributed by atoms with Crippen molar-refractivity contribution in [1.29, 1.82) is 0 Å². The van der Waals surface area contributed by atoms with E-state index in [0.717, 1.165) is 21.7 Å². The zero-order valence-corrected chi connectivity index (χ0v) is 18.0. The Morgan fingerprint density at radius 1 is 0.967 bits per heavy atom. The molecular weight excluding hydrogens is 420 g/mol. The van der Waals surface area contributed by atoms with Gasteiger partial charge in [0.25, 0.3) is 15.9 Å². The molecule has 0 atom stereocenters. The lowest BCUT2D eigenvalue weighted by Gasteiger charge is -2.33. The van der Waals surface area contributed by atoms with Crippen LogP contribution in [0, 0.1) is 6.92 Å². The van der Waals surface area contributed by atoms with Gasteiger partial charge < -0.3 is 9.32 Å². The number of nitrogens with zero attached hydrogens (tertiary/aromatic N) is 2. The molecular formula is C22H20N2O4S2. The Morgan fingerprint density at radius 2 is 1.73 bits per heavy atom. The average Bonchev–Trinajstić information content (AvgIpc) is 3.42. The van der Waals surface area contributed by atoms with E-state index in [2.05, 4.69) is 0 Å².